The van der Waals surface area contributed by atoms with E-state index in [-0.39, 0.29) is 35.4 Å². The Hall–Kier alpha value is -1.89. The van der Waals surface area contributed by atoms with Crippen molar-refractivity contribution in [3.63, 3.8) is 0 Å². The van der Waals surface area contributed by atoms with E-state index in [1.165, 1.54) is 0 Å². The number of hydrogen-bond acceptors (Lipinski definition) is 4. The van der Waals surface area contributed by atoms with Gasteiger partial charge in [0, 0.05) is 19.0 Å². The van der Waals surface area contributed by atoms with E-state index in [9.17, 15) is 18.0 Å². The molecule has 1 aliphatic rings. The lowest BCUT2D eigenvalue weighted by Crippen LogP contribution is -2.44. The monoisotopic (exact) mass is 367 g/mol. The van der Waals surface area contributed by atoms with E-state index in [1.54, 1.807) is 36.1 Å². The quantitative estimate of drug-likeness (QED) is 0.798. The minimum atomic E-state index is -3.24. The van der Waals surface area contributed by atoms with Crippen molar-refractivity contribution >= 4 is 21.7 Å². The summed E-state index contributed by atoms with van der Waals surface area (Å²) in [4.78, 5) is 25.5. The van der Waals surface area contributed by atoms with Gasteiger partial charge in [0.05, 0.1) is 17.1 Å². The molecule has 1 heterocycles. The first-order valence-corrected chi connectivity index (χ1v) is 10.3. The maximum Gasteiger partial charge on any atom is 0.303 e. The van der Waals surface area contributed by atoms with Gasteiger partial charge in [-0.25, -0.2) is 8.42 Å². The zero-order valence-corrected chi connectivity index (χ0v) is 15.3. The molecule has 1 amide bonds. The molecule has 2 rings (SSSR count). The van der Waals surface area contributed by atoms with Crippen LogP contribution in [0.4, 0.5) is 0 Å². The summed E-state index contributed by atoms with van der Waals surface area (Å²) in [7, 11) is -3.24. The van der Waals surface area contributed by atoms with Crippen LogP contribution >= 0.6 is 0 Å². The van der Waals surface area contributed by atoms with Crippen molar-refractivity contribution in [2.24, 2.45) is 0 Å². The zero-order chi connectivity index (χ0) is 18.4. The highest BCUT2D eigenvalue weighted by Crippen LogP contribution is 2.22. The van der Waals surface area contributed by atoms with Gasteiger partial charge in [-0.05, 0) is 43.4 Å². The molecule has 1 aromatic carbocycles. The van der Waals surface area contributed by atoms with Crippen LogP contribution in [0.25, 0.3) is 0 Å². The molecule has 0 spiro atoms. The lowest BCUT2D eigenvalue weighted by atomic mass is 9.97. The van der Waals surface area contributed by atoms with Gasteiger partial charge in [-0.1, -0.05) is 19.1 Å². The number of carboxylic acid groups (broad SMARTS) is 1. The highest BCUT2D eigenvalue weighted by Gasteiger charge is 2.27. The SMILES string of the molecule is CCS(=O)(=O)c1ccc(CC(=O)N2CCCCC2CCC(=O)O)cc1. The third-order valence-electron chi connectivity index (χ3n) is 4.66. The summed E-state index contributed by atoms with van der Waals surface area (Å²) in [5, 5.41) is 8.86. The molecule has 0 aromatic heterocycles. The summed E-state index contributed by atoms with van der Waals surface area (Å²) in [6.07, 6.45) is 3.54. The van der Waals surface area contributed by atoms with Gasteiger partial charge in [-0.15, -0.1) is 0 Å². The molecular weight excluding hydrogens is 342 g/mol. The van der Waals surface area contributed by atoms with Crippen LogP contribution in [0.5, 0.6) is 0 Å². The Bertz CT molecular complexity index is 711. The van der Waals surface area contributed by atoms with Gasteiger partial charge in [0.15, 0.2) is 9.84 Å². The molecule has 1 aromatic rings. The summed E-state index contributed by atoms with van der Waals surface area (Å²) in [5.41, 5.74) is 0.766. The third kappa shape index (κ3) is 5.29. The van der Waals surface area contributed by atoms with Crippen molar-refractivity contribution < 1.29 is 23.1 Å². The summed E-state index contributed by atoms with van der Waals surface area (Å²) in [6, 6.07) is 6.42. The topological polar surface area (TPSA) is 91.8 Å². The Morgan fingerprint density at radius 3 is 2.48 bits per heavy atom. The smallest absolute Gasteiger partial charge is 0.303 e. The van der Waals surface area contributed by atoms with Crippen LogP contribution in [0.1, 0.15) is 44.6 Å². The molecule has 1 aliphatic heterocycles. The Balaban J connectivity index is 2.03. The van der Waals surface area contributed by atoms with Crippen LogP contribution in [-0.2, 0) is 25.8 Å². The molecule has 1 fully saturated rings. The summed E-state index contributed by atoms with van der Waals surface area (Å²) < 4.78 is 23.7. The van der Waals surface area contributed by atoms with Crippen molar-refractivity contribution in [1.29, 1.82) is 0 Å². The van der Waals surface area contributed by atoms with Gasteiger partial charge >= 0.3 is 5.97 Å². The molecule has 6 nitrogen and oxygen atoms in total. The number of piperidine rings is 1. The summed E-state index contributed by atoms with van der Waals surface area (Å²) in [5.74, 6) is -0.823. The molecule has 1 unspecified atom stereocenters. The molecule has 1 atom stereocenters. The number of carbonyl (C=O) groups excluding carboxylic acids is 1. The van der Waals surface area contributed by atoms with Gasteiger partial charge < -0.3 is 10.0 Å². The maximum atomic E-state index is 12.6. The van der Waals surface area contributed by atoms with E-state index >= 15 is 0 Å². The fraction of sp³-hybridized carbons (Fsp3) is 0.556. The average molecular weight is 367 g/mol. The number of aliphatic carboxylic acids is 1. The van der Waals surface area contributed by atoms with Crippen molar-refractivity contribution in [2.45, 2.75) is 56.4 Å². The van der Waals surface area contributed by atoms with Crippen molar-refractivity contribution in [1.82, 2.24) is 4.90 Å². The molecular formula is C18H25NO5S. The second-order valence-electron chi connectivity index (χ2n) is 6.39. The van der Waals surface area contributed by atoms with Crippen molar-refractivity contribution in [3.8, 4) is 0 Å². The Labute approximate surface area is 148 Å². The molecule has 0 radical (unpaired) electrons. The second kappa shape index (κ2) is 8.47. The number of hydrogen-bond donors (Lipinski definition) is 1. The molecule has 0 saturated carbocycles. The molecule has 1 N–H and O–H groups in total. The second-order valence-corrected chi connectivity index (χ2v) is 8.67. The van der Waals surface area contributed by atoms with Crippen LogP contribution < -0.4 is 0 Å². The van der Waals surface area contributed by atoms with Gasteiger partial charge in [-0.2, -0.15) is 0 Å². The van der Waals surface area contributed by atoms with Crippen LogP contribution in [0.3, 0.4) is 0 Å². The van der Waals surface area contributed by atoms with E-state index in [2.05, 4.69) is 0 Å². The Morgan fingerprint density at radius 1 is 1.20 bits per heavy atom. The van der Waals surface area contributed by atoms with Gasteiger partial charge in [0.1, 0.15) is 0 Å². The Kier molecular flexibility index (Phi) is 6.58. The van der Waals surface area contributed by atoms with Gasteiger partial charge in [-0.3, -0.25) is 9.59 Å². The van der Waals surface area contributed by atoms with Crippen LogP contribution in [0, 0.1) is 0 Å². The first-order valence-electron chi connectivity index (χ1n) is 8.66. The summed E-state index contributed by atoms with van der Waals surface area (Å²) in [6.45, 7) is 2.26. The minimum Gasteiger partial charge on any atom is -0.481 e. The van der Waals surface area contributed by atoms with E-state index in [1.807, 2.05) is 0 Å². The number of amides is 1. The fourth-order valence-corrected chi connectivity index (χ4v) is 4.06. The van der Waals surface area contributed by atoms with Crippen LogP contribution in [0.2, 0.25) is 0 Å². The van der Waals surface area contributed by atoms with E-state index in [0.29, 0.717) is 13.0 Å². The molecule has 138 valence electrons. The number of rotatable bonds is 7. The average Bonchev–Trinajstić information content (AvgIpc) is 2.60. The first-order chi connectivity index (χ1) is 11.8. The van der Waals surface area contributed by atoms with E-state index in [0.717, 1.165) is 24.8 Å². The van der Waals surface area contributed by atoms with Crippen molar-refractivity contribution in [3.05, 3.63) is 29.8 Å². The largest absolute Gasteiger partial charge is 0.481 e. The number of benzene rings is 1. The van der Waals surface area contributed by atoms with E-state index < -0.39 is 15.8 Å². The third-order valence-corrected chi connectivity index (χ3v) is 6.41. The van der Waals surface area contributed by atoms with Gasteiger partial charge in [0.2, 0.25) is 5.91 Å². The van der Waals surface area contributed by atoms with E-state index in [4.69, 9.17) is 5.11 Å². The predicted molar refractivity (Wildman–Crippen MR) is 94.1 cm³/mol. The molecule has 25 heavy (non-hydrogen) atoms. The standard InChI is InChI=1S/C18H25NO5S/c1-2-25(23,24)16-9-6-14(7-10-16)13-17(20)19-12-4-3-5-15(19)8-11-18(21)22/h6-7,9-10,15H,2-5,8,11-13H2,1H3,(H,21,22). The maximum absolute atomic E-state index is 12.6. The first kappa shape index (κ1) is 19.4. The van der Waals surface area contributed by atoms with Crippen molar-refractivity contribution in [2.75, 3.05) is 12.3 Å². The number of sulfone groups is 1. The molecule has 7 heteroatoms. The van der Waals surface area contributed by atoms with Gasteiger partial charge in [0.25, 0.3) is 0 Å². The molecule has 0 bridgehead atoms. The lowest BCUT2D eigenvalue weighted by Gasteiger charge is -2.35. The molecule has 0 aliphatic carbocycles. The minimum absolute atomic E-state index is 0.0166. The zero-order valence-electron chi connectivity index (χ0n) is 14.5. The Morgan fingerprint density at radius 2 is 1.88 bits per heavy atom. The lowest BCUT2D eigenvalue weighted by molar-refractivity contribution is -0.139. The fourth-order valence-electron chi connectivity index (χ4n) is 3.18. The molecule has 1 saturated heterocycles. The highest BCUT2D eigenvalue weighted by molar-refractivity contribution is 7.91. The number of nitrogens with zero attached hydrogens (tertiary/aromatic N) is 1. The normalized spacial score (nSPS) is 18.1. The predicted octanol–water partition coefficient (Wildman–Crippen LogP) is 2.27. The summed E-state index contributed by atoms with van der Waals surface area (Å²) >= 11 is 0. The number of carboxylic acids is 1. The highest BCUT2D eigenvalue weighted by atomic mass is 32.2. The number of carbonyl (C=O) groups is 2. The van der Waals surface area contributed by atoms with Crippen LogP contribution in [-0.4, -0.2) is 48.6 Å². The van der Waals surface area contributed by atoms with Crippen LogP contribution in [0.15, 0.2) is 29.2 Å². The number of likely N-dealkylation sites (tertiary alicyclic amines) is 1.